The highest BCUT2D eigenvalue weighted by atomic mass is 16.5. The zero-order valence-electron chi connectivity index (χ0n) is 12.0. The minimum atomic E-state index is -0.660. The maximum atomic E-state index is 12.5. The summed E-state index contributed by atoms with van der Waals surface area (Å²) in [7, 11) is 1.62. The Kier molecular flexibility index (Phi) is 5.54. The summed E-state index contributed by atoms with van der Waals surface area (Å²) in [6.45, 7) is 6.15. The smallest absolute Gasteiger partial charge is 0.194 e. The molecule has 0 aliphatic rings. The van der Waals surface area contributed by atoms with Crippen LogP contribution >= 0.6 is 0 Å². The lowest BCUT2D eigenvalue weighted by molar-refractivity contribution is -0.00261. The molecule has 100 valence electrons. The number of benzene rings is 1. The Labute approximate surface area is 110 Å². The minimum Gasteiger partial charge on any atom is -0.370 e. The van der Waals surface area contributed by atoms with Gasteiger partial charge in [-0.3, -0.25) is 4.79 Å². The van der Waals surface area contributed by atoms with Crippen molar-refractivity contribution in [3.05, 3.63) is 35.4 Å². The van der Waals surface area contributed by atoms with Crippen LogP contribution in [0, 0.1) is 0 Å². The third kappa shape index (κ3) is 2.99. The van der Waals surface area contributed by atoms with Gasteiger partial charge in [-0.1, -0.05) is 51.5 Å². The van der Waals surface area contributed by atoms with Crippen LogP contribution in [0.1, 0.15) is 56.0 Å². The van der Waals surface area contributed by atoms with Gasteiger partial charge < -0.3 is 4.74 Å². The molecule has 0 aliphatic carbocycles. The third-order valence-corrected chi connectivity index (χ3v) is 3.70. The predicted octanol–water partition coefficient (Wildman–Crippen LogP) is 4.03. The van der Waals surface area contributed by atoms with E-state index in [1.54, 1.807) is 7.11 Å². The van der Waals surface area contributed by atoms with E-state index in [4.69, 9.17) is 4.74 Å². The number of ether oxygens (including phenoxy) is 1. The second kappa shape index (κ2) is 6.69. The van der Waals surface area contributed by atoms with Crippen molar-refractivity contribution < 1.29 is 9.53 Å². The number of carbonyl (C=O) groups excluding carboxylic acids is 1. The Morgan fingerprint density at radius 3 is 2.06 bits per heavy atom. The highest BCUT2D eigenvalue weighted by molar-refractivity contribution is 6.02. The Morgan fingerprint density at radius 2 is 1.67 bits per heavy atom. The summed E-state index contributed by atoms with van der Waals surface area (Å²) in [5.41, 5.74) is 1.37. The van der Waals surface area contributed by atoms with E-state index in [2.05, 4.69) is 6.92 Å². The Hall–Kier alpha value is -1.15. The first-order valence-electron chi connectivity index (χ1n) is 6.82. The van der Waals surface area contributed by atoms with Crippen LogP contribution in [-0.2, 0) is 11.2 Å². The second-order valence-electron chi connectivity index (χ2n) is 4.68. The van der Waals surface area contributed by atoms with Crippen LogP contribution in [0.4, 0.5) is 0 Å². The molecule has 2 nitrogen and oxygen atoms in total. The summed E-state index contributed by atoms with van der Waals surface area (Å²) >= 11 is 0. The van der Waals surface area contributed by atoms with E-state index in [-0.39, 0.29) is 5.78 Å². The maximum Gasteiger partial charge on any atom is 0.194 e. The standard InChI is InChI=1S/C16H24O2/c1-5-8-13-9-11-14(12-10-13)15(17)16(6-2,7-3)18-4/h9-12H,5-8H2,1-4H3. The van der Waals surface area contributed by atoms with Gasteiger partial charge in [-0.2, -0.15) is 0 Å². The van der Waals surface area contributed by atoms with Crippen molar-refractivity contribution in [1.82, 2.24) is 0 Å². The van der Waals surface area contributed by atoms with Crippen molar-refractivity contribution in [2.45, 2.75) is 52.1 Å². The molecule has 1 aromatic rings. The normalized spacial score (nSPS) is 11.6. The van der Waals surface area contributed by atoms with E-state index in [9.17, 15) is 4.79 Å². The van der Waals surface area contributed by atoms with Crippen LogP contribution in [0.3, 0.4) is 0 Å². The Balaban J connectivity index is 2.95. The maximum absolute atomic E-state index is 12.5. The van der Waals surface area contributed by atoms with Gasteiger partial charge in [-0.25, -0.2) is 0 Å². The van der Waals surface area contributed by atoms with Gasteiger partial charge in [0.15, 0.2) is 5.78 Å². The summed E-state index contributed by atoms with van der Waals surface area (Å²) < 4.78 is 5.48. The molecular formula is C16H24O2. The van der Waals surface area contributed by atoms with Gasteiger partial charge in [0.25, 0.3) is 0 Å². The lowest BCUT2D eigenvalue weighted by Gasteiger charge is -2.28. The highest BCUT2D eigenvalue weighted by Gasteiger charge is 2.35. The molecule has 0 amide bonds. The van der Waals surface area contributed by atoms with Crippen molar-refractivity contribution in [2.75, 3.05) is 7.11 Å². The lowest BCUT2D eigenvalue weighted by Crippen LogP contribution is -2.39. The molecule has 0 saturated carbocycles. The first kappa shape index (κ1) is 14.9. The van der Waals surface area contributed by atoms with Crippen LogP contribution in [0.2, 0.25) is 0 Å². The van der Waals surface area contributed by atoms with Gasteiger partial charge >= 0.3 is 0 Å². The van der Waals surface area contributed by atoms with Crippen LogP contribution in [-0.4, -0.2) is 18.5 Å². The topological polar surface area (TPSA) is 26.3 Å². The quantitative estimate of drug-likeness (QED) is 0.681. The first-order valence-corrected chi connectivity index (χ1v) is 6.82. The molecule has 0 heterocycles. The molecule has 0 N–H and O–H groups in total. The van der Waals surface area contributed by atoms with E-state index in [1.807, 2.05) is 38.1 Å². The molecular weight excluding hydrogens is 224 g/mol. The molecule has 2 heteroatoms. The first-order chi connectivity index (χ1) is 8.63. The zero-order chi connectivity index (χ0) is 13.6. The number of Topliss-reactive ketones (excluding diaryl/α,β-unsaturated/α-hetero) is 1. The van der Waals surface area contributed by atoms with E-state index < -0.39 is 5.60 Å². The molecule has 0 aromatic heterocycles. The van der Waals surface area contributed by atoms with Gasteiger partial charge in [-0.15, -0.1) is 0 Å². The van der Waals surface area contributed by atoms with Crippen LogP contribution in [0.25, 0.3) is 0 Å². The molecule has 1 aromatic carbocycles. The molecule has 0 spiro atoms. The molecule has 0 atom stereocenters. The van der Waals surface area contributed by atoms with Crippen LogP contribution in [0.15, 0.2) is 24.3 Å². The Bertz CT molecular complexity index is 366. The van der Waals surface area contributed by atoms with Crippen molar-refractivity contribution in [3.8, 4) is 0 Å². The van der Waals surface area contributed by atoms with E-state index in [0.29, 0.717) is 12.8 Å². The molecule has 1 rings (SSSR count). The number of methoxy groups -OCH3 is 1. The van der Waals surface area contributed by atoms with Gasteiger partial charge in [-0.05, 0) is 24.8 Å². The molecule has 0 fully saturated rings. The van der Waals surface area contributed by atoms with Gasteiger partial charge in [0.2, 0.25) is 0 Å². The SMILES string of the molecule is CCCc1ccc(C(=O)C(CC)(CC)OC)cc1. The fourth-order valence-electron chi connectivity index (χ4n) is 2.33. The van der Waals surface area contributed by atoms with Gasteiger partial charge in [0.05, 0.1) is 0 Å². The van der Waals surface area contributed by atoms with Crippen LogP contribution < -0.4 is 0 Å². The van der Waals surface area contributed by atoms with E-state index in [0.717, 1.165) is 18.4 Å². The number of hydrogen-bond donors (Lipinski definition) is 0. The summed E-state index contributed by atoms with van der Waals surface area (Å²) in [6, 6.07) is 7.93. The highest BCUT2D eigenvalue weighted by Crippen LogP contribution is 2.25. The second-order valence-corrected chi connectivity index (χ2v) is 4.68. The van der Waals surface area contributed by atoms with Crippen molar-refractivity contribution in [2.24, 2.45) is 0 Å². The average Bonchev–Trinajstić information content (AvgIpc) is 2.42. The predicted molar refractivity (Wildman–Crippen MR) is 75.1 cm³/mol. The number of ketones is 1. The molecule has 18 heavy (non-hydrogen) atoms. The van der Waals surface area contributed by atoms with Gasteiger partial charge in [0.1, 0.15) is 5.60 Å². The van der Waals surface area contributed by atoms with Crippen LogP contribution in [0.5, 0.6) is 0 Å². The lowest BCUT2D eigenvalue weighted by atomic mass is 9.87. The summed E-state index contributed by atoms with van der Waals surface area (Å²) in [4.78, 5) is 12.5. The monoisotopic (exact) mass is 248 g/mol. The fourth-order valence-corrected chi connectivity index (χ4v) is 2.33. The third-order valence-electron chi connectivity index (χ3n) is 3.70. The molecule has 0 bridgehead atoms. The summed E-state index contributed by atoms with van der Waals surface area (Å²) in [5, 5.41) is 0. The molecule has 0 radical (unpaired) electrons. The van der Waals surface area contributed by atoms with Gasteiger partial charge in [0, 0.05) is 12.7 Å². The van der Waals surface area contributed by atoms with E-state index >= 15 is 0 Å². The van der Waals surface area contributed by atoms with Crippen molar-refractivity contribution in [3.63, 3.8) is 0 Å². The van der Waals surface area contributed by atoms with E-state index in [1.165, 1.54) is 5.56 Å². The van der Waals surface area contributed by atoms with Crippen molar-refractivity contribution in [1.29, 1.82) is 0 Å². The largest absolute Gasteiger partial charge is 0.370 e. The average molecular weight is 248 g/mol. The fraction of sp³-hybridized carbons (Fsp3) is 0.562. The Morgan fingerprint density at radius 1 is 1.11 bits per heavy atom. The molecule has 0 unspecified atom stereocenters. The molecule has 0 saturated heterocycles. The summed E-state index contributed by atoms with van der Waals surface area (Å²) in [6.07, 6.45) is 3.59. The minimum absolute atomic E-state index is 0.0954. The number of rotatable bonds is 7. The number of aryl methyl sites for hydroxylation is 1. The zero-order valence-corrected chi connectivity index (χ0v) is 12.0. The summed E-state index contributed by atoms with van der Waals surface area (Å²) in [5.74, 6) is 0.0954. The van der Waals surface area contributed by atoms with Crippen molar-refractivity contribution >= 4 is 5.78 Å². The number of carbonyl (C=O) groups is 1. The molecule has 0 aliphatic heterocycles. The number of hydrogen-bond acceptors (Lipinski definition) is 2.